The highest BCUT2D eigenvalue weighted by atomic mass is 16.6. The summed E-state index contributed by atoms with van der Waals surface area (Å²) in [5, 5.41) is 4.77. The molecule has 0 aliphatic heterocycles. The maximum atomic E-state index is 12.3. The summed E-state index contributed by atoms with van der Waals surface area (Å²) < 4.78 is 7.70. The molecule has 0 radical (unpaired) electrons. The SMILES string of the molecule is CCCCCn1ccc2cc(OC(=O)Nc3cnc4ccccc4c3)ccc21. The molecule has 28 heavy (non-hydrogen) atoms. The van der Waals surface area contributed by atoms with Gasteiger partial charge in [-0.25, -0.2) is 4.79 Å². The standard InChI is InChI=1S/C23H23N3O2/c1-2-3-6-12-26-13-11-18-15-20(9-10-22(18)26)28-23(27)25-19-14-17-7-4-5-8-21(17)24-16-19/h4-5,7-11,13-16H,2-3,6,12H2,1H3,(H,25,27). The number of rotatable bonds is 6. The Labute approximate surface area is 164 Å². The van der Waals surface area contributed by atoms with E-state index in [9.17, 15) is 4.79 Å². The fourth-order valence-electron chi connectivity index (χ4n) is 3.36. The topological polar surface area (TPSA) is 56.1 Å². The van der Waals surface area contributed by atoms with Gasteiger partial charge in [0, 0.05) is 29.0 Å². The fraction of sp³-hybridized carbons (Fsp3) is 0.217. The quantitative estimate of drug-likeness (QED) is 0.422. The van der Waals surface area contributed by atoms with Crippen molar-refractivity contribution in [2.24, 2.45) is 0 Å². The Balaban J connectivity index is 1.44. The Morgan fingerprint density at radius 1 is 1.07 bits per heavy atom. The first kappa shape index (κ1) is 18.0. The lowest BCUT2D eigenvalue weighted by atomic mass is 10.2. The normalized spacial score (nSPS) is 11.0. The zero-order valence-corrected chi connectivity index (χ0v) is 15.9. The van der Waals surface area contributed by atoms with E-state index in [1.165, 1.54) is 19.3 Å². The Kier molecular flexibility index (Phi) is 5.24. The van der Waals surface area contributed by atoms with Gasteiger partial charge in [0.05, 0.1) is 17.4 Å². The highest BCUT2D eigenvalue weighted by Crippen LogP contribution is 2.23. The molecule has 1 amide bonds. The minimum atomic E-state index is -0.529. The molecule has 0 saturated heterocycles. The van der Waals surface area contributed by atoms with Gasteiger partial charge in [0.15, 0.2) is 0 Å². The molecule has 0 aliphatic carbocycles. The molecule has 0 spiro atoms. The highest BCUT2D eigenvalue weighted by molar-refractivity contribution is 5.90. The molecule has 4 rings (SSSR count). The number of carbonyl (C=O) groups is 1. The van der Waals surface area contributed by atoms with Crippen LogP contribution in [-0.2, 0) is 6.54 Å². The second-order valence-electron chi connectivity index (χ2n) is 6.87. The lowest BCUT2D eigenvalue weighted by Crippen LogP contribution is -2.16. The van der Waals surface area contributed by atoms with E-state index < -0.39 is 6.09 Å². The Morgan fingerprint density at radius 2 is 1.96 bits per heavy atom. The predicted molar refractivity (Wildman–Crippen MR) is 113 cm³/mol. The van der Waals surface area contributed by atoms with Crippen LogP contribution in [0.4, 0.5) is 10.5 Å². The third kappa shape index (κ3) is 3.98. The molecule has 0 saturated carbocycles. The smallest absolute Gasteiger partial charge is 0.410 e. The van der Waals surface area contributed by atoms with Gasteiger partial charge in [-0.3, -0.25) is 10.3 Å². The van der Waals surface area contributed by atoms with Crippen LogP contribution >= 0.6 is 0 Å². The molecule has 0 aliphatic rings. The van der Waals surface area contributed by atoms with Gasteiger partial charge in [-0.05, 0) is 42.8 Å². The van der Waals surface area contributed by atoms with Gasteiger partial charge in [0.1, 0.15) is 5.75 Å². The van der Waals surface area contributed by atoms with Gasteiger partial charge in [0.25, 0.3) is 0 Å². The number of hydrogen-bond acceptors (Lipinski definition) is 3. The van der Waals surface area contributed by atoms with E-state index in [4.69, 9.17) is 4.74 Å². The Bertz CT molecular complexity index is 1120. The van der Waals surface area contributed by atoms with Crippen LogP contribution in [0.15, 0.2) is 67.0 Å². The number of fused-ring (bicyclic) bond motifs is 2. The van der Waals surface area contributed by atoms with Crippen LogP contribution in [-0.4, -0.2) is 15.6 Å². The summed E-state index contributed by atoms with van der Waals surface area (Å²) in [5.41, 5.74) is 2.64. The summed E-state index contributed by atoms with van der Waals surface area (Å²) in [6.45, 7) is 3.21. The number of anilines is 1. The van der Waals surface area contributed by atoms with Crippen LogP contribution < -0.4 is 10.1 Å². The molecule has 2 aromatic carbocycles. The summed E-state index contributed by atoms with van der Waals surface area (Å²) in [6.07, 6.45) is 6.79. The van der Waals surface area contributed by atoms with Crippen molar-refractivity contribution in [3.63, 3.8) is 0 Å². The van der Waals surface area contributed by atoms with Crippen LogP contribution in [0.3, 0.4) is 0 Å². The molecule has 0 unspecified atom stereocenters. The number of ether oxygens (including phenoxy) is 1. The number of aryl methyl sites for hydroxylation is 1. The molecular weight excluding hydrogens is 350 g/mol. The number of hydrogen-bond donors (Lipinski definition) is 1. The second kappa shape index (κ2) is 8.13. The summed E-state index contributed by atoms with van der Waals surface area (Å²) in [5.74, 6) is 0.519. The summed E-state index contributed by atoms with van der Waals surface area (Å²) in [6, 6.07) is 17.4. The van der Waals surface area contributed by atoms with Crippen molar-refractivity contribution in [1.29, 1.82) is 0 Å². The minimum Gasteiger partial charge on any atom is -0.410 e. The number of pyridine rings is 1. The molecule has 5 nitrogen and oxygen atoms in total. The van der Waals surface area contributed by atoms with Crippen LogP contribution in [0.25, 0.3) is 21.8 Å². The zero-order chi connectivity index (χ0) is 19.3. The van der Waals surface area contributed by atoms with Crippen LogP contribution in [0.5, 0.6) is 5.75 Å². The average Bonchev–Trinajstić information content (AvgIpc) is 3.10. The average molecular weight is 373 g/mol. The van der Waals surface area contributed by atoms with Gasteiger partial charge in [-0.15, -0.1) is 0 Å². The van der Waals surface area contributed by atoms with Gasteiger partial charge in [0.2, 0.25) is 0 Å². The molecule has 0 fully saturated rings. The van der Waals surface area contributed by atoms with E-state index in [-0.39, 0.29) is 0 Å². The Hall–Kier alpha value is -3.34. The summed E-state index contributed by atoms with van der Waals surface area (Å²) in [7, 11) is 0. The summed E-state index contributed by atoms with van der Waals surface area (Å²) >= 11 is 0. The van der Waals surface area contributed by atoms with E-state index >= 15 is 0 Å². The van der Waals surface area contributed by atoms with Crippen molar-refractivity contribution in [3.05, 3.63) is 67.0 Å². The molecule has 2 heterocycles. The number of benzene rings is 2. The molecule has 0 atom stereocenters. The van der Waals surface area contributed by atoms with Crippen LogP contribution in [0, 0.1) is 0 Å². The number of nitrogens with zero attached hydrogens (tertiary/aromatic N) is 2. The largest absolute Gasteiger partial charge is 0.417 e. The van der Waals surface area contributed by atoms with E-state index in [2.05, 4.69) is 34.1 Å². The second-order valence-corrected chi connectivity index (χ2v) is 6.87. The van der Waals surface area contributed by atoms with Crippen LogP contribution in [0.1, 0.15) is 26.2 Å². The van der Waals surface area contributed by atoms with Crippen molar-refractivity contribution in [2.45, 2.75) is 32.7 Å². The lowest BCUT2D eigenvalue weighted by Gasteiger charge is -2.08. The first-order valence-corrected chi connectivity index (χ1v) is 9.65. The lowest BCUT2D eigenvalue weighted by molar-refractivity contribution is 0.215. The van der Waals surface area contributed by atoms with E-state index in [1.807, 2.05) is 48.5 Å². The van der Waals surface area contributed by atoms with Gasteiger partial charge >= 0.3 is 6.09 Å². The van der Waals surface area contributed by atoms with Crippen molar-refractivity contribution in [1.82, 2.24) is 9.55 Å². The number of aromatic nitrogens is 2. The van der Waals surface area contributed by atoms with Crippen molar-refractivity contribution < 1.29 is 9.53 Å². The van der Waals surface area contributed by atoms with Crippen molar-refractivity contribution in [3.8, 4) is 5.75 Å². The number of amides is 1. The van der Waals surface area contributed by atoms with Gasteiger partial charge < -0.3 is 9.30 Å². The van der Waals surface area contributed by atoms with Crippen molar-refractivity contribution in [2.75, 3.05) is 5.32 Å². The highest BCUT2D eigenvalue weighted by Gasteiger charge is 2.08. The van der Waals surface area contributed by atoms with E-state index in [1.54, 1.807) is 6.20 Å². The van der Waals surface area contributed by atoms with Gasteiger partial charge in [-0.2, -0.15) is 0 Å². The maximum absolute atomic E-state index is 12.3. The summed E-state index contributed by atoms with van der Waals surface area (Å²) in [4.78, 5) is 16.6. The molecule has 1 N–H and O–H groups in total. The van der Waals surface area contributed by atoms with Crippen molar-refractivity contribution >= 4 is 33.6 Å². The maximum Gasteiger partial charge on any atom is 0.417 e. The third-order valence-corrected chi connectivity index (χ3v) is 4.79. The number of para-hydroxylation sites is 1. The zero-order valence-electron chi connectivity index (χ0n) is 15.9. The number of unbranched alkanes of at least 4 members (excludes halogenated alkanes) is 2. The van der Waals surface area contributed by atoms with E-state index in [0.29, 0.717) is 11.4 Å². The fourth-order valence-corrected chi connectivity index (χ4v) is 3.36. The molecule has 142 valence electrons. The molecule has 2 aromatic heterocycles. The van der Waals surface area contributed by atoms with Crippen LogP contribution in [0.2, 0.25) is 0 Å². The molecule has 4 aromatic rings. The minimum absolute atomic E-state index is 0.519. The van der Waals surface area contributed by atoms with Gasteiger partial charge in [-0.1, -0.05) is 38.0 Å². The number of carbonyl (C=O) groups excluding carboxylic acids is 1. The number of nitrogens with one attached hydrogen (secondary N) is 1. The monoisotopic (exact) mass is 373 g/mol. The Morgan fingerprint density at radius 3 is 2.86 bits per heavy atom. The molecule has 5 heteroatoms. The predicted octanol–water partition coefficient (Wildman–Crippen LogP) is 5.99. The molecule has 0 bridgehead atoms. The third-order valence-electron chi connectivity index (χ3n) is 4.79. The van der Waals surface area contributed by atoms with E-state index in [0.717, 1.165) is 28.4 Å². The first-order valence-electron chi connectivity index (χ1n) is 9.65. The first-order chi connectivity index (χ1) is 13.7. The molecular formula is C23H23N3O2.